The predicted octanol–water partition coefficient (Wildman–Crippen LogP) is 1.43. The molecule has 0 saturated carbocycles. The Morgan fingerprint density at radius 3 is 2.36 bits per heavy atom. The van der Waals surface area contributed by atoms with Crippen LogP contribution in [0.3, 0.4) is 0 Å². The minimum Gasteiger partial charge on any atom is -0.321 e. The van der Waals surface area contributed by atoms with E-state index in [4.69, 9.17) is 5.14 Å². The first-order valence-electron chi connectivity index (χ1n) is 7.09. The Labute approximate surface area is 161 Å². The molecule has 25 heavy (non-hydrogen) atoms. The van der Waals surface area contributed by atoms with E-state index < -0.39 is 10.0 Å². The van der Waals surface area contributed by atoms with Crippen molar-refractivity contribution in [1.82, 2.24) is 5.10 Å². The molecule has 0 spiro atoms. The average Bonchev–Trinajstić information content (AvgIpc) is 2.54. The standard InChI is InChI=1S/C16H14N4O3S.HI/c17-24(22,23)15-7-5-14(6-8-15)19-16(21)11-20-10-13-4-2-1-3-12(13)9-18-20;/h1-10H,11H2,(H2-,17,19,21,22,23);1H/p+1. The van der Waals surface area contributed by atoms with E-state index in [0.29, 0.717) is 5.69 Å². The molecule has 0 aliphatic rings. The largest absolute Gasteiger partial charge is 0.321 e. The third-order valence-corrected chi connectivity index (χ3v) is 4.33. The van der Waals surface area contributed by atoms with Crippen LogP contribution in [0, 0.1) is 0 Å². The monoisotopic (exact) mass is 471 g/mol. The van der Waals surface area contributed by atoms with Gasteiger partial charge in [0.2, 0.25) is 16.2 Å². The van der Waals surface area contributed by atoms with Gasteiger partial charge in [0.25, 0.3) is 12.5 Å². The summed E-state index contributed by atoms with van der Waals surface area (Å²) >= 11 is 0. The number of benzene rings is 2. The lowest BCUT2D eigenvalue weighted by atomic mass is 10.2. The Kier molecular flexibility index (Phi) is 6.03. The van der Waals surface area contributed by atoms with Crippen LogP contribution in [0.1, 0.15) is 0 Å². The SMILES string of the molecule is I.NS(=O)(=O)c1ccc(NC(=O)C[n+]2cc3ccccc3cn2)cc1. The molecule has 1 amide bonds. The van der Waals surface area contributed by atoms with Crippen LogP contribution in [0.4, 0.5) is 5.69 Å². The molecule has 0 bridgehead atoms. The molecule has 0 radical (unpaired) electrons. The van der Waals surface area contributed by atoms with Crippen LogP contribution in [0.5, 0.6) is 0 Å². The van der Waals surface area contributed by atoms with Crippen LogP contribution < -0.4 is 15.1 Å². The number of primary sulfonamides is 1. The third kappa shape index (κ3) is 4.94. The van der Waals surface area contributed by atoms with Gasteiger partial charge in [-0.1, -0.05) is 22.9 Å². The van der Waals surface area contributed by atoms with E-state index in [1.165, 1.54) is 28.9 Å². The Balaban J connectivity index is 0.00000225. The second-order valence-electron chi connectivity index (χ2n) is 5.22. The second-order valence-corrected chi connectivity index (χ2v) is 6.78. The van der Waals surface area contributed by atoms with Crippen molar-refractivity contribution in [1.29, 1.82) is 0 Å². The summed E-state index contributed by atoms with van der Waals surface area (Å²) in [4.78, 5) is 12.1. The topological polar surface area (TPSA) is 106 Å². The van der Waals surface area contributed by atoms with Crippen LogP contribution >= 0.6 is 24.0 Å². The number of nitrogens with zero attached hydrogens (tertiary/aromatic N) is 2. The van der Waals surface area contributed by atoms with E-state index in [-0.39, 0.29) is 41.3 Å². The molecular formula is C16H16IN4O3S+. The number of rotatable bonds is 4. The van der Waals surface area contributed by atoms with Crippen LogP contribution in [0.2, 0.25) is 0 Å². The van der Waals surface area contributed by atoms with Crippen molar-refractivity contribution in [2.45, 2.75) is 11.4 Å². The molecule has 0 atom stereocenters. The van der Waals surface area contributed by atoms with Crippen molar-refractivity contribution >= 4 is 56.4 Å². The molecule has 9 heteroatoms. The molecule has 2 aromatic carbocycles. The minimum absolute atomic E-state index is 0. The van der Waals surface area contributed by atoms with Crippen molar-refractivity contribution in [2.75, 3.05) is 5.32 Å². The van der Waals surface area contributed by atoms with E-state index >= 15 is 0 Å². The number of amides is 1. The van der Waals surface area contributed by atoms with Crippen LogP contribution in [0.15, 0.2) is 65.8 Å². The fraction of sp³-hybridized carbons (Fsp3) is 0.0625. The van der Waals surface area contributed by atoms with Gasteiger partial charge < -0.3 is 5.32 Å². The number of nitrogens with one attached hydrogen (secondary N) is 1. The van der Waals surface area contributed by atoms with Crippen LogP contribution in [-0.4, -0.2) is 19.4 Å². The molecule has 3 N–H and O–H groups in total. The smallest absolute Gasteiger partial charge is 0.292 e. The van der Waals surface area contributed by atoms with Crippen molar-refractivity contribution in [3.63, 3.8) is 0 Å². The van der Waals surface area contributed by atoms with E-state index in [1.54, 1.807) is 12.4 Å². The Morgan fingerprint density at radius 2 is 1.72 bits per heavy atom. The second kappa shape index (κ2) is 7.85. The van der Waals surface area contributed by atoms with Gasteiger partial charge in [-0.05, 0) is 35.4 Å². The number of fused-ring (bicyclic) bond motifs is 1. The number of carbonyl (C=O) groups is 1. The molecule has 1 heterocycles. The zero-order valence-electron chi connectivity index (χ0n) is 13.0. The first kappa shape index (κ1) is 19.2. The first-order valence-corrected chi connectivity index (χ1v) is 8.64. The molecule has 1 aromatic heterocycles. The van der Waals surface area contributed by atoms with Gasteiger partial charge in [0.15, 0.2) is 0 Å². The lowest BCUT2D eigenvalue weighted by Crippen LogP contribution is -2.43. The maximum absolute atomic E-state index is 12.1. The van der Waals surface area contributed by atoms with Gasteiger partial charge in [0.05, 0.1) is 4.90 Å². The molecule has 0 saturated heterocycles. The number of sulfonamides is 1. The minimum atomic E-state index is -3.74. The highest BCUT2D eigenvalue weighted by atomic mass is 127. The molecule has 3 rings (SSSR count). The lowest BCUT2D eigenvalue weighted by Gasteiger charge is -2.04. The summed E-state index contributed by atoms with van der Waals surface area (Å²) in [6.45, 7) is 0.0434. The lowest BCUT2D eigenvalue weighted by molar-refractivity contribution is -0.740. The highest BCUT2D eigenvalue weighted by Crippen LogP contribution is 2.12. The van der Waals surface area contributed by atoms with Gasteiger partial charge in [0, 0.05) is 16.5 Å². The number of hydrogen-bond acceptors (Lipinski definition) is 4. The van der Waals surface area contributed by atoms with E-state index in [2.05, 4.69) is 10.4 Å². The summed E-state index contributed by atoms with van der Waals surface area (Å²) < 4.78 is 23.9. The fourth-order valence-electron chi connectivity index (χ4n) is 2.24. The normalized spacial score (nSPS) is 10.9. The number of halogens is 1. The first-order chi connectivity index (χ1) is 11.4. The van der Waals surface area contributed by atoms with Crippen LogP contribution in [0.25, 0.3) is 10.8 Å². The number of nitrogens with two attached hydrogens (primary N) is 1. The zero-order chi connectivity index (χ0) is 17.2. The maximum atomic E-state index is 12.1. The molecule has 0 unspecified atom stereocenters. The highest BCUT2D eigenvalue weighted by Gasteiger charge is 2.13. The van der Waals surface area contributed by atoms with Gasteiger partial charge in [-0.2, -0.15) is 0 Å². The van der Waals surface area contributed by atoms with Crippen molar-refractivity contribution in [3.05, 3.63) is 60.9 Å². The van der Waals surface area contributed by atoms with Gasteiger partial charge >= 0.3 is 0 Å². The predicted molar refractivity (Wildman–Crippen MR) is 104 cm³/mol. The number of anilines is 1. The number of hydrogen-bond donors (Lipinski definition) is 2. The van der Waals surface area contributed by atoms with Crippen LogP contribution in [-0.2, 0) is 21.4 Å². The summed E-state index contributed by atoms with van der Waals surface area (Å²) in [6.07, 6.45) is 3.49. The van der Waals surface area contributed by atoms with E-state index in [0.717, 1.165) is 10.8 Å². The summed E-state index contributed by atoms with van der Waals surface area (Å²) in [6, 6.07) is 13.4. The molecule has 3 aromatic rings. The fourth-order valence-corrected chi connectivity index (χ4v) is 2.75. The van der Waals surface area contributed by atoms with Crippen molar-refractivity contribution < 1.29 is 17.9 Å². The molecule has 0 fully saturated rings. The molecule has 0 aliphatic heterocycles. The van der Waals surface area contributed by atoms with Gasteiger partial charge in [-0.25, -0.2) is 13.6 Å². The Bertz CT molecular complexity index is 1010. The Hall–Kier alpha value is -2.11. The highest BCUT2D eigenvalue weighted by molar-refractivity contribution is 14.0. The summed E-state index contributed by atoms with van der Waals surface area (Å²) in [7, 11) is -3.74. The summed E-state index contributed by atoms with van der Waals surface area (Å²) in [5.41, 5.74) is 0.480. The van der Waals surface area contributed by atoms with Crippen molar-refractivity contribution in [3.8, 4) is 0 Å². The van der Waals surface area contributed by atoms with Gasteiger partial charge in [-0.15, -0.1) is 24.0 Å². The van der Waals surface area contributed by atoms with Gasteiger partial charge in [0.1, 0.15) is 6.20 Å². The summed E-state index contributed by atoms with van der Waals surface area (Å²) in [5.74, 6) is -0.272. The third-order valence-electron chi connectivity index (χ3n) is 3.40. The summed E-state index contributed by atoms with van der Waals surface area (Å²) in [5, 5.41) is 13.9. The Morgan fingerprint density at radius 1 is 1.08 bits per heavy atom. The molecular weight excluding hydrogens is 455 g/mol. The molecule has 130 valence electrons. The quantitative estimate of drug-likeness (QED) is 0.444. The number of carbonyl (C=O) groups excluding carboxylic acids is 1. The number of aromatic nitrogens is 2. The van der Waals surface area contributed by atoms with E-state index in [9.17, 15) is 13.2 Å². The molecule has 0 aliphatic carbocycles. The average molecular weight is 471 g/mol. The zero-order valence-corrected chi connectivity index (χ0v) is 16.1. The maximum Gasteiger partial charge on any atom is 0.292 e. The van der Waals surface area contributed by atoms with E-state index in [1.807, 2.05) is 24.3 Å². The van der Waals surface area contributed by atoms with Gasteiger partial charge in [-0.3, -0.25) is 4.79 Å². The molecule has 7 nitrogen and oxygen atoms in total. The van der Waals surface area contributed by atoms with Crippen molar-refractivity contribution in [2.24, 2.45) is 5.14 Å².